The number of aromatic nitrogens is 1. The number of thiazole rings is 1. The third-order valence-corrected chi connectivity index (χ3v) is 5.35. The molecule has 3 aromatic rings. The predicted octanol–water partition coefficient (Wildman–Crippen LogP) is 3.73. The number of anilines is 1. The van der Waals surface area contributed by atoms with Crippen molar-refractivity contribution in [2.45, 2.75) is 19.1 Å². The summed E-state index contributed by atoms with van der Waals surface area (Å²) < 4.78 is 43.6. The van der Waals surface area contributed by atoms with E-state index in [1.807, 2.05) is 12.1 Å². The molecule has 9 heteroatoms. The predicted molar refractivity (Wildman–Crippen MR) is 98.3 cm³/mol. The maximum Gasteiger partial charge on any atom is 0.434 e. The minimum atomic E-state index is -4.54. The van der Waals surface area contributed by atoms with Gasteiger partial charge in [-0.25, -0.2) is 9.78 Å². The number of hydrogen-bond acceptors (Lipinski definition) is 6. The summed E-state index contributed by atoms with van der Waals surface area (Å²) in [7, 11) is 0. The molecule has 142 valence electrons. The third kappa shape index (κ3) is 3.57. The van der Waals surface area contributed by atoms with Gasteiger partial charge in [0.05, 0.1) is 5.56 Å². The number of piperazine rings is 1. The lowest BCUT2D eigenvalue weighted by Crippen LogP contribution is -2.49. The van der Waals surface area contributed by atoms with Gasteiger partial charge in [0.15, 0.2) is 5.69 Å². The van der Waals surface area contributed by atoms with Crippen LogP contribution in [0.2, 0.25) is 0 Å². The Morgan fingerprint density at radius 2 is 2.15 bits per heavy atom. The zero-order valence-electron chi connectivity index (χ0n) is 14.3. The lowest BCUT2D eigenvalue weighted by molar-refractivity contribution is -0.140. The molecule has 1 aliphatic rings. The van der Waals surface area contributed by atoms with Gasteiger partial charge in [0.1, 0.15) is 10.6 Å². The first-order valence-electron chi connectivity index (χ1n) is 8.40. The lowest BCUT2D eigenvalue weighted by Gasteiger charge is -2.33. The van der Waals surface area contributed by atoms with Crippen LogP contribution in [0.15, 0.2) is 38.9 Å². The van der Waals surface area contributed by atoms with Gasteiger partial charge < -0.3 is 14.6 Å². The van der Waals surface area contributed by atoms with Crippen LogP contribution in [0.25, 0.3) is 21.5 Å². The molecule has 1 aromatic carbocycles. The number of nitrogens with one attached hydrogen (secondary N) is 1. The summed E-state index contributed by atoms with van der Waals surface area (Å²) in [6, 6.07) is 7.41. The molecule has 0 saturated carbocycles. The normalized spacial score (nSPS) is 18.2. The molecule has 0 aliphatic carbocycles. The van der Waals surface area contributed by atoms with Gasteiger partial charge in [0, 0.05) is 48.2 Å². The van der Waals surface area contributed by atoms with Gasteiger partial charge in [0.2, 0.25) is 0 Å². The fourth-order valence-electron chi connectivity index (χ4n) is 3.14. The summed E-state index contributed by atoms with van der Waals surface area (Å²) in [6.45, 7) is 4.65. The van der Waals surface area contributed by atoms with Crippen LogP contribution in [0.1, 0.15) is 12.6 Å². The Kier molecular flexibility index (Phi) is 4.43. The van der Waals surface area contributed by atoms with Crippen molar-refractivity contribution in [1.82, 2.24) is 10.3 Å². The molecule has 1 fully saturated rings. The Hall–Kier alpha value is -2.39. The molecule has 0 amide bonds. The van der Waals surface area contributed by atoms with Gasteiger partial charge in [-0.05, 0) is 25.1 Å². The van der Waals surface area contributed by atoms with Crippen LogP contribution in [0.4, 0.5) is 18.9 Å². The number of nitrogens with zero attached hydrogens (tertiary/aromatic N) is 2. The molecule has 1 aliphatic heterocycles. The molecule has 4 rings (SSSR count). The Balaban J connectivity index is 1.71. The highest BCUT2D eigenvalue weighted by molar-refractivity contribution is 7.13. The standard InChI is InChI=1S/C18H16F3N3O2S/c1-10-8-24(5-4-22-10)12-3-2-11-6-13(17(25)26-14(11)7-12)16-23-15(9-27-16)18(19,20)21/h2-3,6-7,9-10,22H,4-5,8H2,1H3. The molecule has 1 saturated heterocycles. The molecular formula is C18H16F3N3O2S. The maximum absolute atomic E-state index is 12.8. The van der Waals surface area contributed by atoms with Crippen LogP contribution in [0, 0.1) is 0 Å². The zero-order valence-corrected chi connectivity index (χ0v) is 15.2. The molecular weight excluding hydrogens is 379 g/mol. The first-order valence-corrected chi connectivity index (χ1v) is 9.28. The van der Waals surface area contributed by atoms with E-state index in [-0.39, 0.29) is 10.6 Å². The summed E-state index contributed by atoms with van der Waals surface area (Å²) in [5.41, 5.74) is -0.325. The van der Waals surface area contributed by atoms with Crippen LogP contribution in [0.3, 0.4) is 0 Å². The minimum absolute atomic E-state index is 0.00187. The Labute approximate surface area is 156 Å². The monoisotopic (exact) mass is 395 g/mol. The highest BCUT2D eigenvalue weighted by atomic mass is 32.1. The van der Waals surface area contributed by atoms with Crippen molar-refractivity contribution in [1.29, 1.82) is 0 Å². The van der Waals surface area contributed by atoms with Gasteiger partial charge in [-0.3, -0.25) is 0 Å². The molecule has 27 heavy (non-hydrogen) atoms. The summed E-state index contributed by atoms with van der Waals surface area (Å²) in [5, 5.41) is 4.90. The van der Waals surface area contributed by atoms with E-state index in [1.165, 1.54) is 6.07 Å². The average molecular weight is 395 g/mol. The highest BCUT2D eigenvalue weighted by Gasteiger charge is 2.34. The number of hydrogen-bond donors (Lipinski definition) is 1. The molecule has 0 spiro atoms. The van der Waals surface area contributed by atoms with Crippen molar-refractivity contribution in [3.05, 3.63) is 45.8 Å². The number of rotatable bonds is 2. The molecule has 1 unspecified atom stereocenters. The molecule has 2 aromatic heterocycles. The van der Waals surface area contributed by atoms with Crippen molar-refractivity contribution in [3.63, 3.8) is 0 Å². The van der Waals surface area contributed by atoms with Gasteiger partial charge in [-0.1, -0.05) is 0 Å². The van der Waals surface area contributed by atoms with E-state index in [2.05, 4.69) is 22.1 Å². The average Bonchev–Trinajstić information content (AvgIpc) is 3.11. The zero-order chi connectivity index (χ0) is 19.2. The fourth-order valence-corrected chi connectivity index (χ4v) is 3.97. The maximum atomic E-state index is 12.8. The second-order valence-corrected chi connectivity index (χ2v) is 7.36. The lowest BCUT2D eigenvalue weighted by atomic mass is 10.1. The molecule has 1 atom stereocenters. The summed E-state index contributed by atoms with van der Waals surface area (Å²) >= 11 is 0.772. The van der Waals surface area contributed by atoms with Gasteiger partial charge in [-0.15, -0.1) is 11.3 Å². The molecule has 1 N–H and O–H groups in total. The Morgan fingerprint density at radius 1 is 1.33 bits per heavy atom. The number of fused-ring (bicyclic) bond motifs is 1. The van der Waals surface area contributed by atoms with E-state index in [9.17, 15) is 18.0 Å². The molecule has 5 nitrogen and oxygen atoms in total. The summed E-state index contributed by atoms with van der Waals surface area (Å²) in [5.74, 6) is 0. The summed E-state index contributed by atoms with van der Waals surface area (Å²) in [6.07, 6.45) is -4.54. The fraction of sp³-hybridized carbons (Fsp3) is 0.333. The molecule has 3 heterocycles. The number of halogens is 3. The van der Waals surface area contributed by atoms with Crippen LogP contribution in [-0.2, 0) is 6.18 Å². The van der Waals surface area contributed by atoms with E-state index in [0.29, 0.717) is 17.0 Å². The second kappa shape index (κ2) is 6.65. The van der Waals surface area contributed by atoms with E-state index < -0.39 is 17.5 Å². The SMILES string of the molecule is CC1CN(c2ccc3cc(-c4nc(C(F)(F)F)cs4)c(=O)oc3c2)CCN1. The quantitative estimate of drug-likeness (QED) is 0.670. The second-order valence-electron chi connectivity index (χ2n) is 6.51. The van der Waals surface area contributed by atoms with Crippen LogP contribution >= 0.6 is 11.3 Å². The van der Waals surface area contributed by atoms with Gasteiger partial charge in [-0.2, -0.15) is 13.2 Å². The first kappa shape index (κ1) is 18.0. The van der Waals surface area contributed by atoms with E-state index in [1.54, 1.807) is 6.07 Å². The van der Waals surface area contributed by atoms with Crippen LogP contribution < -0.4 is 15.8 Å². The van der Waals surface area contributed by atoms with Crippen LogP contribution in [0.5, 0.6) is 0 Å². The largest absolute Gasteiger partial charge is 0.434 e. The topological polar surface area (TPSA) is 58.4 Å². The van der Waals surface area contributed by atoms with Gasteiger partial charge in [0.25, 0.3) is 0 Å². The minimum Gasteiger partial charge on any atom is -0.422 e. The van der Waals surface area contributed by atoms with Crippen LogP contribution in [-0.4, -0.2) is 30.7 Å². The van der Waals surface area contributed by atoms with E-state index in [4.69, 9.17) is 4.42 Å². The molecule has 0 radical (unpaired) electrons. The third-order valence-electron chi connectivity index (χ3n) is 4.48. The van der Waals surface area contributed by atoms with E-state index in [0.717, 1.165) is 42.0 Å². The number of benzene rings is 1. The van der Waals surface area contributed by atoms with Crippen molar-refractivity contribution in [2.24, 2.45) is 0 Å². The Bertz CT molecular complexity index is 1040. The Morgan fingerprint density at radius 3 is 2.85 bits per heavy atom. The first-order chi connectivity index (χ1) is 12.8. The van der Waals surface area contributed by atoms with Crippen molar-refractivity contribution < 1.29 is 17.6 Å². The van der Waals surface area contributed by atoms with Gasteiger partial charge >= 0.3 is 11.8 Å². The van der Waals surface area contributed by atoms with E-state index >= 15 is 0 Å². The smallest absolute Gasteiger partial charge is 0.422 e. The molecule has 0 bridgehead atoms. The van der Waals surface area contributed by atoms with Crippen molar-refractivity contribution in [2.75, 3.05) is 24.5 Å². The number of alkyl halides is 3. The highest BCUT2D eigenvalue weighted by Crippen LogP contribution is 2.33. The van der Waals surface area contributed by atoms with Crippen molar-refractivity contribution >= 4 is 28.0 Å². The van der Waals surface area contributed by atoms with Crippen molar-refractivity contribution in [3.8, 4) is 10.6 Å². The summed E-state index contributed by atoms with van der Waals surface area (Å²) in [4.78, 5) is 18.1.